The van der Waals surface area contributed by atoms with Crippen molar-refractivity contribution in [2.45, 2.75) is 44.4 Å². The highest BCUT2D eigenvalue weighted by molar-refractivity contribution is 6.34. The highest BCUT2D eigenvalue weighted by Crippen LogP contribution is 2.43. The predicted octanol–water partition coefficient (Wildman–Crippen LogP) is 6.84. The summed E-state index contributed by atoms with van der Waals surface area (Å²) >= 11 is 6.31. The van der Waals surface area contributed by atoms with Crippen LogP contribution in [0.3, 0.4) is 0 Å². The summed E-state index contributed by atoms with van der Waals surface area (Å²) in [5.41, 5.74) is 4.50. The number of hydrogen-bond acceptors (Lipinski definition) is 2. The summed E-state index contributed by atoms with van der Waals surface area (Å²) < 4.78 is 0. The van der Waals surface area contributed by atoms with Crippen molar-refractivity contribution in [3.8, 4) is 0 Å². The summed E-state index contributed by atoms with van der Waals surface area (Å²) in [6.07, 6.45) is 6.87. The summed E-state index contributed by atoms with van der Waals surface area (Å²) in [5.74, 6) is 2.77. The van der Waals surface area contributed by atoms with Crippen LogP contribution in [0.25, 0.3) is 21.9 Å². The third kappa shape index (κ3) is 3.08. The van der Waals surface area contributed by atoms with Crippen LogP contribution in [0.4, 0.5) is 0 Å². The van der Waals surface area contributed by atoms with Gasteiger partial charge < -0.3 is 4.98 Å². The van der Waals surface area contributed by atoms with Crippen LogP contribution < -0.4 is 0 Å². The molecule has 4 aromatic rings. The van der Waals surface area contributed by atoms with E-state index in [0.717, 1.165) is 27.4 Å². The van der Waals surface area contributed by atoms with Gasteiger partial charge in [-0.2, -0.15) is 0 Å². The normalized spacial score (nSPS) is 21.2. The van der Waals surface area contributed by atoms with E-state index in [9.17, 15) is 0 Å². The first-order chi connectivity index (χ1) is 13.7. The number of H-pyrrole nitrogens is 1. The second kappa shape index (κ2) is 7.21. The standard InChI is InChI=1S/C24H24ClN3/c1-15(24-27-22-8-4-6-20(25)23(22)28-24)16-9-11-17(12-10-16)18-13-14-26-21-7-3-2-5-19(18)21/h2-8,13-17H,9-12H2,1H3,(H,27,28)/t15-,16?,17?/m1/s1. The topological polar surface area (TPSA) is 41.6 Å². The van der Waals surface area contributed by atoms with Gasteiger partial charge in [0.15, 0.2) is 0 Å². The van der Waals surface area contributed by atoms with E-state index in [0.29, 0.717) is 17.8 Å². The predicted molar refractivity (Wildman–Crippen MR) is 116 cm³/mol. The molecule has 2 heterocycles. The van der Waals surface area contributed by atoms with Gasteiger partial charge >= 0.3 is 0 Å². The second-order valence-corrected chi connectivity index (χ2v) is 8.48. The van der Waals surface area contributed by atoms with E-state index < -0.39 is 0 Å². The van der Waals surface area contributed by atoms with E-state index in [-0.39, 0.29) is 0 Å². The number of rotatable bonds is 3. The molecule has 1 aliphatic carbocycles. The highest BCUT2D eigenvalue weighted by Gasteiger charge is 2.29. The number of imidazole rings is 1. The minimum atomic E-state index is 0.415. The fourth-order valence-corrected chi connectivity index (χ4v) is 5.08. The molecule has 1 aliphatic rings. The molecule has 28 heavy (non-hydrogen) atoms. The van der Waals surface area contributed by atoms with E-state index in [1.807, 2.05) is 18.3 Å². The van der Waals surface area contributed by atoms with Crippen LogP contribution in [0, 0.1) is 5.92 Å². The van der Waals surface area contributed by atoms with Crippen molar-refractivity contribution < 1.29 is 0 Å². The van der Waals surface area contributed by atoms with E-state index in [2.05, 4.69) is 53.3 Å². The molecule has 1 fully saturated rings. The Labute approximate surface area is 170 Å². The lowest BCUT2D eigenvalue weighted by Gasteiger charge is -2.32. The molecule has 2 aromatic heterocycles. The van der Waals surface area contributed by atoms with Crippen molar-refractivity contribution in [3.05, 3.63) is 71.1 Å². The molecule has 1 N–H and O–H groups in total. The molecule has 0 bridgehead atoms. The molecule has 0 unspecified atom stereocenters. The number of hydrogen-bond donors (Lipinski definition) is 1. The lowest BCUT2D eigenvalue weighted by molar-refractivity contribution is 0.286. The molecule has 1 saturated carbocycles. The zero-order chi connectivity index (χ0) is 19.1. The summed E-state index contributed by atoms with van der Waals surface area (Å²) in [7, 11) is 0. The fraction of sp³-hybridized carbons (Fsp3) is 0.333. The maximum Gasteiger partial charge on any atom is 0.110 e. The first-order valence-electron chi connectivity index (χ1n) is 10.2. The molecular weight excluding hydrogens is 366 g/mol. The summed E-state index contributed by atoms with van der Waals surface area (Å²) in [6, 6.07) is 16.7. The quantitative estimate of drug-likeness (QED) is 0.416. The summed E-state index contributed by atoms with van der Waals surface area (Å²) in [5, 5.41) is 2.04. The largest absolute Gasteiger partial charge is 0.342 e. The van der Waals surface area contributed by atoms with Gasteiger partial charge in [0.25, 0.3) is 0 Å². The zero-order valence-electron chi connectivity index (χ0n) is 16.0. The number of aromatic nitrogens is 3. The minimum Gasteiger partial charge on any atom is -0.342 e. The molecule has 0 amide bonds. The number of aromatic amines is 1. The average Bonchev–Trinajstić information content (AvgIpc) is 3.19. The first-order valence-corrected chi connectivity index (χ1v) is 10.6. The molecular formula is C24H24ClN3. The van der Waals surface area contributed by atoms with Crippen molar-refractivity contribution in [2.24, 2.45) is 5.92 Å². The molecule has 3 nitrogen and oxygen atoms in total. The Bertz CT molecular complexity index is 1120. The molecule has 5 rings (SSSR count). The Hall–Kier alpha value is -2.39. The number of halogens is 1. The smallest absolute Gasteiger partial charge is 0.110 e. The van der Waals surface area contributed by atoms with Gasteiger partial charge in [0.05, 0.1) is 16.1 Å². The molecule has 0 spiro atoms. The Morgan fingerprint density at radius 3 is 2.64 bits per heavy atom. The van der Waals surface area contributed by atoms with Crippen molar-refractivity contribution in [1.29, 1.82) is 0 Å². The van der Waals surface area contributed by atoms with Crippen LogP contribution in [0.1, 0.15) is 55.8 Å². The third-order valence-electron chi connectivity index (χ3n) is 6.51. The van der Waals surface area contributed by atoms with Crippen LogP contribution in [0.15, 0.2) is 54.7 Å². The van der Waals surface area contributed by atoms with Crippen LogP contribution in [0.2, 0.25) is 5.02 Å². The van der Waals surface area contributed by atoms with Gasteiger partial charge in [-0.05, 0) is 67.3 Å². The van der Waals surface area contributed by atoms with Gasteiger partial charge in [0.2, 0.25) is 0 Å². The van der Waals surface area contributed by atoms with Crippen molar-refractivity contribution in [1.82, 2.24) is 15.0 Å². The van der Waals surface area contributed by atoms with Gasteiger partial charge in [-0.25, -0.2) is 4.98 Å². The van der Waals surface area contributed by atoms with Crippen molar-refractivity contribution in [3.63, 3.8) is 0 Å². The number of benzene rings is 2. The summed E-state index contributed by atoms with van der Waals surface area (Å²) in [4.78, 5) is 12.8. The van der Waals surface area contributed by atoms with E-state index >= 15 is 0 Å². The number of fused-ring (bicyclic) bond motifs is 2. The van der Waals surface area contributed by atoms with Gasteiger partial charge in [0, 0.05) is 17.5 Å². The number of para-hydroxylation sites is 2. The third-order valence-corrected chi connectivity index (χ3v) is 6.82. The van der Waals surface area contributed by atoms with E-state index in [1.54, 1.807) is 0 Å². The van der Waals surface area contributed by atoms with Gasteiger partial charge in [0.1, 0.15) is 11.3 Å². The maximum absolute atomic E-state index is 6.31. The van der Waals surface area contributed by atoms with Gasteiger partial charge in [-0.1, -0.05) is 42.8 Å². The molecule has 1 atom stereocenters. The molecule has 4 heteroatoms. The Balaban J connectivity index is 1.34. The molecule has 0 saturated heterocycles. The Kier molecular flexibility index (Phi) is 4.56. The van der Waals surface area contributed by atoms with Crippen LogP contribution in [-0.2, 0) is 0 Å². The lowest BCUT2D eigenvalue weighted by atomic mass is 9.73. The Morgan fingerprint density at radius 1 is 1.00 bits per heavy atom. The number of pyridine rings is 1. The minimum absolute atomic E-state index is 0.415. The fourth-order valence-electron chi connectivity index (χ4n) is 4.86. The molecule has 142 valence electrons. The number of nitrogens with zero attached hydrogens (tertiary/aromatic N) is 2. The molecule has 0 radical (unpaired) electrons. The lowest BCUT2D eigenvalue weighted by Crippen LogP contribution is -2.19. The van der Waals surface area contributed by atoms with Crippen molar-refractivity contribution in [2.75, 3.05) is 0 Å². The second-order valence-electron chi connectivity index (χ2n) is 8.08. The van der Waals surface area contributed by atoms with Crippen LogP contribution >= 0.6 is 11.6 Å². The monoisotopic (exact) mass is 389 g/mol. The zero-order valence-corrected chi connectivity index (χ0v) is 16.8. The highest BCUT2D eigenvalue weighted by atomic mass is 35.5. The van der Waals surface area contributed by atoms with Gasteiger partial charge in [-0.15, -0.1) is 0 Å². The summed E-state index contributed by atoms with van der Waals surface area (Å²) in [6.45, 7) is 2.30. The van der Waals surface area contributed by atoms with E-state index in [4.69, 9.17) is 16.6 Å². The SMILES string of the molecule is C[C@@H](c1nc2c(Cl)cccc2[nH]1)C1CCC(c2ccnc3ccccc23)CC1. The van der Waals surface area contributed by atoms with Crippen molar-refractivity contribution >= 4 is 33.5 Å². The van der Waals surface area contributed by atoms with E-state index in [1.165, 1.54) is 36.6 Å². The molecule has 2 aromatic carbocycles. The van der Waals surface area contributed by atoms with Crippen LogP contribution in [-0.4, -0.2) is 15.0 Å². The van der Waals surface area contributed by atoms with Crippen LogP contribution in [0.5, 0.6) is 0 Å². The van der Waals surface area contributed by atoms with Gasteiger partial charge in [-0.3, -0.25) is 4.98 Å². The maximum atomic E-state index is 6.31. The number of nitrogens with one attached hydrogen (secondary N) is 1. The average molecular weight is 390 g/mol. The first kappa shape index (κ1) is 17.7. The molecule has 0 aliphatic heterocycles. The Morgan fingerprint density at radius 2 is 1.82 bits per heavy atom.